The van der Waals surface area contributed by atoms with E-state index in [1.807, 2.05) is 0 Å². The van der Waals surface area contributed by atoms with E-state index in [-0.39, 0.29) is 17.6 Å². The van der Waals surface area contributed by atoms with E-state index >= 15 is 0 Å². The average Bonchev–Trinajstić information content (AvgIpc) is 3.36. The van der Waals surface area contributed by atoms with Crippen LogP contribution in [0.1, 0.15) is 61.5 Å². The number of likely N-dealkylation sites (tertiary alicyclic amines) is 2. The van der Waals surface area contributed by atoms with E-state index in [0.29, 0.717) is 12.6 Å². The zero-order valence-corrected chi connectivity index (χ0v) is 16.0. The normalized spacial score (nSPS) is 28.8. The van der Waals surface area contributed by atoms with Crippen LogP contribution in [-0.2, 0) is 9.53 Å². The summed E-state index contributed by atoms with van der Waals surface area (Å²) in [5, 5.41) is 7.95. The van der Waals surface area contributed by atoms with Crippen molar-refractivity contribution >= 4 is 11.9 Å². The molecule has 27 heavy (non-hydrogen) atoms. The highest BCUT2D eigenvalue weighted by Gasteiger charge is 2.36. The van der Waals surface area contributed by atoms with Gasteiger partial charge in [-0.2, -0.15) is 0 Å². The third kappa shape index (κ3) is 3.85. The number of piperidine rings is 1. The molecule has 8 nitrogen and oxygen atoms in total. The van der Waals surface area contributed by atoms with E-state index in [4.69, 9.17) is 0 Å². The van der Waals surface area contributed by atoms with Crippen LogP contribution >= 0.6 is 0 Å². The van der Waals surface area contributed by atoms with Gasteiger partial charge in [-0.25, -0.2) is 9.48 Å². The van der Waals surface area contributed by atoms with Crippen molar-refractivity contribution in [1.29, 1.82) is 0 Å². The Morgan fingerprint density at radius 2 is 1.96 bits per heavy atom. The Kier molecular flexibility index (Phi) is 5.43. The highest BCUT2D eigenvalue weighted by Crippen LogP contribution is 2.35. The lowest BCUT2D eigenvalue weighted by atomic mass is 9.78. The van der Waals surface area contributed by atoms with Crippen molar-refractivity contribution in [3.8, 4) is 0 Å². The maximum absolute atomic E-state index is 13.0. The number of carbonyl (C=O) groups is 2. The fourth-order valence-electron chi connectivity index (χ4n) is 5.04. The first-order valence-corrected chi connectivity index (χ1v) is 10.2. The van der Waals surface area contributed by atoms with Gasteiger partial charge in [-0.3, -0.25) is 9.69 Å². The quantitative estimate of drug-likeness (QED) is 0.742. The maximum atomic E-state index is 13.0. The van der Waals surface area contributed by atoms with E-state index in [9.17, 15) is 9.59 Å². The van der Waals surface area contributed by atoms with Crippen LogP contribution in [-0.4, -0.2) is 76.0 Å². The van der Waals surface area contributed by atoms with Gasteiger partial charge in [-0.15, -0.1) is 5.10 Å². The van der Waals surface area contributed by atoms with Crippen LogP contribution in [0.2, 0.25) is 0 Å². The summed E-state index contributed by atoms with van der Waals surface area (Å²) in [5.74, 6) is 0.522. The Morgan fingerprint density at radius 1 is 1.15 bits per heavy atom. The number of esters is 1. The van der Waals surface area contributed by atoms with Gasteiger partial charge in [0.05, 0.1) is 25.9 Å². The van der Waals surface area contributed by atoms with Gasteiger partial charge in [0, 0.05) is 25.7 Å². The molecule has 2 saturated heterocycles. The zero-order valence-electron chi connectivity index (χ0n) is 16.0. The molecular formula is C19H29N5O3. The summed E-state index contributed by atoms with van der Waals surface area (Å²) in [6.07, 6.45) is 10.0. The molecule has 8 heteroatoms. The molecule has 1 amide bonds. The van der Waals surface area contributed by atoms with Gasteiger partial charge in [0.15, 0.2) is 5.69 Å². The molecule has 0 bridgehead atoms. The molecule has 2 aliphatic heterocycles. The Morgan fingerprint density at radius 3 is 2.81 bits per heavy atom. The topological polar surface area (TPSA) is 80.6 Å². The molecule has 0 unspecified atom stereocenters. The van der Waals surface area contributed by atoms with E-state index in [0.717, 1.165) is 38.4 Å². The lowest BCUT2D eigenvalue weighted by Crippen LogP contribution is -2.52. The number of hydrogen-bond donors (Lipinski definition) is 0. The third-order valence-corrected chi connectivity index (χ3v) is 6.45. The number of carbonyl (C=O) groups excluding carboxylic acids is 2. The Balaban J connectivity index is 1.33. The van der Waals surface area contributed by atoms with Gasteiger partial charge in [-0.05, 0) is 38.0 Å². The summed E-state index contributed by atoms with van der Waals surface area (Å²) in [5.41, 5.74) is 0.226. The molecule has 1 saturated carbocycles. The monoisotopic (exact) mass is 375 g/mol. The highest BCUT2D eigenvalue weighted by atomic mass is 16.5. The van der Waals surface area contributed by atoms with Crippen LogP contribution in [0, 0.1) is 5.92 Å². The summed E-state index contributed by atoms with van der Waals surface area (Å²) in [6.45, 7) is 3.03. The lowest BCUT2D eigenvalue weighted by molar-refractivity contribution is -0.138. The van der Waals surface area contributed by atoms with Crippen molar-refractivity contribution in [2.75, 3.05) is 33.3 Å². The number of aromatic nitrogens is 3. The summed E-state index contributed by atoms with van der Waals surface area (Å²) < 4.78 is 6.41. The summed E-state index contributed by atoms with van der Waals surface area (Å²) in [7, 11) is 1.34. The van der Waals surface area contributed by atoms with E-state index in [2.05, 4.69) is 24.8 Å². The summed E-state index contributed by atoms with van der Waals surface area (Å²) >= 11 is 0. The predicted molar refractivity (Wildman–Crippen MR) is 98.1 cm³/mol. The fraction of sp³-hybridized carbons (Fsp3) is 0.789. The van der Waals surface area contributed by atoms with Gasteiger partial charge >= 0.3 is 5.97 Å². The van der Waals surface area contributed by atoms with Crippen molar-refractivity contribution in [2.24, 2.45) is 5.92 Å². The average molecular weight is 375 g/mol. The van der Waals surface area contributed by atoms with Crippen LogP contribution < -0.4 is 0 Å². The molecule has 0 spiro atoms. The standard InChI is InChI=1S/C19H29N5O3/c1-27-19(26)16-12-24(21-20-16)15-8-10-22(11-15)13-18(25)23-9-4-6-14-5-2-3-7-17(14)23/h12,14-15,17H,2-11,13H2,1H3/t14-,15-,17+/m1/s1. The molecule has 4 rings (SSSR count). The van der Waals surface area contributed by atoms with Crippen LogP contribution in [0.5, 0.6) is 0 Å². The molecule has 0 radical (unpaired) electrons. The molecule has 1 aromatic heterocycles. The van der Waals surface area contributed by atoms with Crippen molar-refractivity contribution in [3.05, 3.63) is 11.9 Å². The highest BCUT2D eigenvalue weighted by molar-refractivity contribution is 5.86. The van der Waals surface area contributed by atoms with Crippen molar-refractivity contribution < 1.29 is 14.3 Å². The minimum atomic E-state index is -0.474. The number of hydrogen-bond acceptors (Lipinski definition) is 6. The Bertz CT molecular complexity index is 689. The zero-order chi connectivity index (χ0) is 18.8. The van der Waals surface area contributed by atoms with Gasteiger partial charge in [0.2, 0.25) is 5.91 Å². The Hall–Kier alpha value is -1.96. The molecule has 0 aromatic carbocycles. The molecule has 3 aliphatic rings. The number of amides is 1. The first-order valence-electron chi connectivity index (χ1n) is 10.2. The molecule has 3 atom stereocenters. The smallest absolute Gasteiger partial charge is 0.360 e. The SMILES string of the molecule is COC(=O)c1cn([C@@H]2CCN(CC(=O)N3CCC[C@H]4CCCC[C@@H]43)C2)nn1. The van der Waals surface area contributed by atoms with Crippen LogP contribution in [0.25, 0.3) is 0 Å². The minimum Gasteiger partial charge on any atom is -0.464 e. The predicted octanol–water partition coefficient (Wildman–Crippen LogP) is 1.49. The number of nitrogens with zero attached hydrogens (tertiary/aromatic N) is 5. The first kappa shape index (κ1) is 18.4. The Labute approximate surface area is 159 Å². The second-order valence-corrected chi connectivity index (χ2v) is 8.09. The third-order valence-electron chi connectivity index (χ3n) is 6.45. The summed E-state index contributed by atoms with van der Waals surface area (Å²) in [4.78, 5) is 28.9. The minimum absolute atomic E-state index is 0.146. The van der Waals surface area contributed by atoms with Gasteiger partial charge < -0.3 is 9.64 Å². The van der Waals surface area contributed by atoms with Crippen molar-refractivity contribution in [1.82, 2.24) is 24.8 Å². The van der Waals surface area contributed by atoms with E-state index in [1.54, 1.807) is 10.9 Å². The maximum Gasteiger partial charge on any atom is 0.360 e. The first-order chi connectivity index (χ1) is 13.2. The molecule has 1 aliphatic carbocycles. The van der Waals surface area contributed by atoms with Gasteiger partial charge in [0.1, 0.15) is 0 Å². The number of rotatable bonds is 4. The number of methoxy groups -OCH3 is 1. The van der Waals surface area contributed by atoms with E-state index < -0.39 is 5.97 Å². The van der Waals surface area contributed by atoms with Crippen molar-refractivity contribution in [2.45, 2.75) is 57.0 Å². The molecule has 1 aromatic rings. The fourth-order valence-corrected chi connectivity index (χ4v) is 5.04. The largest absolute Gasteiger partial charge is 0.464 e. The molecule has 3 fully saturated rings. The molecule has 3 heterocycles. The molecular weight excluding hydrogens is 346 g/mol. The lowest BCUT2D eigenvalue weighted by Gasteiger charge is -2.44. The summed E-state index contributed by atoms with van der Waals surface area (Å²) in [6, 6.07) is 0.615. The van der Waals surface area contributed by atoms with Gasteiger partial charge in [0.25, 0.3) is 0 Å². The second-order valence-electron chi connectivity index (χ2n) is 8.09. The van der Waals surface area contributed by atoms with Crippen molar-refractivity contribution in [3.63, 3.8) is 0 Å². The van der Waals surface area contributed by atoms with Gasteiger partial charge in [-0.1, -0.05) is 18.1 Å². The van der Waals surface area contributed by atoms with Crippen LogP contribution in [0.15, 0.2) is 6.20 Å². The molecule has 148 valence electrons. The van der Waals surface area contributed by atoms with E-state index in [1.165, 1.54) is 39.2 Å². The molecule has 0 N–H and O–H groups in total. The van der Waals surface area contributed by atoms with Crippen LogP contribution in [0.3, 0.4) is 0 Å². The second kappa shape index (κ2) is 7.96. The number of fused-ring (bicyclic) bond motifs is 1. The number of ether oxygens (including phenoxy) is 1. The van der Waals surface area contributed by atoms with Crippen LogP contribution in [0.4, 0.5) is 0 Å².